The maximum Gasteiger partial charge on any atom is 0.0891 e. The van der Waals surface area contributed by atoms with Crippen molar-refractivity contribution in [1.82, 2.24) is 4.57 Å². The molecule has 0 radical (unpaired) electrons. The third-order valence-corrected chi connectivity index (χ3v) is 6.08. The van der Waals surface area contributed by atoms with Crippen molar-refractivity contribution in [2.75, 3.05) is 11.9 Å². The summed E-state index contributed by atoms with van der Waals surface area (Å²) in [4.78, 5) is 0. The number of aromatic nitrogens is 1. The first-order chi connectivity index (χ1) is 13.0. The maximum absolute atomic E-state index is 10.7. The van der Waals surface area contributed by atoms with Gasteiger partial charge in [0.15, 0.2) is 0 Å². The molecule has 4 aromatic rings. The molecule has 1 heterocycles. The quantitative estimate of drug-likeness (QED) is 0.293. The molecule has 0 aliphatic carbocycles. The highest BCUT2D eigenvalue weighted by molar-refractivity contribution is 14.1. The van der Waals surface area contributed by atoms with Gasteiger partial charge in [-0.25, -0.2) is 0 Å². The summed E-state index contributed by atoms with van der Waals surface area (Å²) < 4.78 is 4.68. The lowest BCUT2D eigenvalue weighted by Gasteiger charge is -2.16. The van der Waals surface area contributed by atoms with Crippen LogP contribution in [0.25, 0.3) is 21.8 Å². The molecule has 1 unspecified atom stereocenters. The van der Waals surface area contributed by atoms with Crippen LogP contribution in [-0.2, 0) is 6.54 Å². The van der Waals surface area contributed by atoms with E-state index in [-0.39, 0.29) is 0 Å². The van der Waals surface area contributed by atoms with Crippen LogP contribution >= 0.6 is 45.2 Å². The number of rotatable bonds is 5. The van der Waals surface area contributed by atoms with Crippen LogP contribution < -0.4 is 5.32 Å². The van der Waals surface area contributed by atoms with Gasteiger partial charge in [-0.2, -0.15) is 0 Å². The van der Waals surface area contributed by atoms with Crippen LogP contribution in [0.5, 0.6) is 0 Å². The number of nitrogens with zero attached hydrogens (tertiary/aromatic N) is 1. The van der Waals surface area contributed by atoms with E-state index in [0.717, 1.165) is 5.69 Å². The summed E-state index contributed by atoms with van der Waals surface area (Å²) in [5.41, 5.74) is 4.59. The van der Waals surface area contributed by atoms with Gasteiger partial charge in [0.05, 0.1) is 12.6 Å². The highest BCUT2D eigenvalue weighted by Gasteiger charge is 2.14. The van der Waals surface area contributed by atoms with Crippen molar-refractivity contribution in [1.29, 1.82) is 0 Å². The summed E-state index contributed by atoms with van der Waals surface area (Å²) in [6.07, 6.45) is -0.483. The number of hydrogen-bond acceptors (Lipinski definition) is 2. The van der Waals surface area contributed by atoms with E-state index >= 15 is 0 Å². The predicted molar refractivity (Wildman–Crippen MR) is 131 cm³/mol. The minimum Gasteiger partial charge on any atom is -0.389 e. The van der Waals surface area contributed by atoms with Crippen molar-refractivity contribution < 1.29 is 5.11 Å². The van der Waals surface area contributed by atoms with E-state index in [0.29, 0.717) is 13.1 Å². The third kappa shape index (κ3) is 4.09. The molecule has 0 saturated heterocycles. The number of fused-ring (bicyclic) bond motifs is 3. The molecule has 4 rings (SSSR count). The molecular formula is C22H20I2N2O. The molecule has 0 fully saturated rings. The second-order valence-corrected chi connectivity index (χ2v) is 9.33. The zero-order valence-corrected chi connectivity index (χ0v) is 19.2. The van der Waals surface area contributed by atoms with E-state index in [1.54, 1.807) is 0 Å². The van der Waals surface area contributed by atoms with Crippen molar-refractivity contribution >= 4 is 72.7 Å². The molecule has 0 saturated carbocycles. The Labute approximate surface area is 186 Å². The lowest BCUT2D eigenvalue weighted by atomic mass is 10.2. The Morgan fingerprint density at radius 2 is 1.56 bits per heavy atom. The Morgan fingerprint density at radius 3 is 2.15 bits per heavy atom. The molecule has 3 nitrogen and oxygen atoms in total. The molecule has 1 aromatic heterocycles. The molecule has 27 heavy (non-hydrogen) atoms. The van der Waals surface area contributed by atoms with Gasteiger partial charge >= 0.3 is 0 Å². The lowest BCUT2D eigenvalue weighted by Crippen LogP contribution is -2.24. The topological polar surface area (TPSA) is 37.2 Å². The molecule has 0 aliphatic heterocycles. The lowest BCUT2D eigenvalue weighted by molar-refractivity contribution is 0.169. The molecule has 138 valence electrons. The number of nitrogens with one attached hydrogen (secondary N) is 1. The Balaban J connectivity index is 1.64. The van der Waals surface area contributed by atoms with Crippen molar-refractivity contribution in [3.05, 3.63) is 73.4 Å². The van der Waals surface area contributed by atoms with Crippen LogP contribution in [0.4, 0.5) is 5.69 Å². The third-order valence-electron chi connectivity index (χ3n) is 4.74. The van der Waals surface area contributed by atoms with Gasteiger partial charge in [-0.05, 0) is 106 Å². The van der Waals surface area contributed by atoms with Crippen LogP contribution in [-0.4, -0.2) is 22.3 Å². The fourth-order valence-electron chi connectivity index (χ4n) is 3.51. The summed E-state index contributed by atoms with van der Waals surface area (Å²) in [6.45, 7) is 3.14. The van der Waals surface area contributed by atoms with Crippen molar-refractivity contribution in [2.24, 2.45) is 0 Å². The number of halogens is 2. The summed E-state index contributed by atoms with van der Waals surface area (Å²) in [6, 6.07) is 21.2. The Hall–Kier alpha value is -1.32. The van der Waals surface area contributed by atoms with E-state index < -0.39 is 6.10 Å². The van der Waals surface area contributed by atoms with Crippen LogP contribution in [0, 0.1) is 14.1 Å². The zero-order chi connectivity index (χ0) is 19.0. The van der Waals surface area contributed by atoms with E-state index in [4.69, 9.17) is 0 Å². The van der Waals surface area contributed by atoms with Gasteiger partial charge in [0, 0.05) is 41.2 Å². The van der Waals surface area contributed by atoms with Crippen LogP contribution in [0.15, 0.2) is 60.7 Å². The monoisotopic (exact) mass is 582 g/mol. The summed E-state index contributed by atoms with van der Waals surface area (Å²) in [5, 5.41) is 16.5. The summed E-state index contributed by atoms with van der Waals surface area (Å²) >= 11 is 4.71. The Morgan fingerprint density at radius 1 is 0.926 bits per heavy atom. The molecule has 0 aliphatic rings. The van der Waals surface area contributed by atoms with Gasteiger partial charge < -0.3 is 15.0 Å². The smallest absolute Gasteiger partial charge is 0.0891 e. The minimum absolute atomic E-state index is 0.483. The van der Waals surface area contributed by atoms with Gasteiger partial charge in [-0.1, -0.05) is 12.1 Å². The largest absolute Gasteiger partial charge is 0.389 e. The fourth-order valence-corrected chi connectivity index (χ4v) is 4.49. The molecule has 3 aromatic carbocycles. The van der Waals surface area contributed by atoms with Gasteiger partial charge in [0.25, 0.3) is 0 Å². The number of aryl methyl sites for hydroxylation is 1. The first-order valence-corrected chi connectivity index (χ1v) is 11.0. The molecule has 5 heteroatoms. The van der Waals surface area contributed by atoms with Crippen molar-refractivity contribution in [3.8, 4) is 0 Å². The Kier molecular flexibility index (Phi) is 5.61. The molecule has 2 N–H and O–H groups in total. The zero-order valence-electron chi connectivity index (χ0n) is 14.9. The second kappa shape index (κ2) is 7.97. The fraction of sp³-hybridized carbons (Fsp3) is 0.182. The average molecular weight is 582 g/mol. The van der Waals surface area contributed by atoms with Crippen LogP contribution in [0.2, 0.25) is 0 Å². The van der Waals surface area contributed by atoms with Gasteiger partial charge in [-0.3, -0.25) is 0 Å². The summed E-state index contributed by atoms with van der Waals surface area (Å²) in [7, 11) is 0. The van der Waals surface area contributed by atoms with E-state index in [1.165, 1.54) is 34.5 Å². The Bertz CT molecular complexity index is 1060. The van der Waals surface area contributed by atoms with Gasteiger partial charge in [0.2, 0.25) is 0 Å². The number of aliphatic hydroxyl groups is 1. The number of aliphatic hydroxyl groups excluding tert-OH is 1. The number of hydrogen-bond donors (Lipinski definition) is 2. The average Bonchev–Trinajstić information content (AvgIpc) is 2.92. The second-order valence-electron chi connectivity index (χ2n) is 6.84. The standard InChI is InChI=1S/C22H20I2N2O/c1-14-3-2-4-17(9-14)25-12-18(27)13-26-21-7-5-15(23)10-19(21)20-11-16(24)6-8-22(20)26/h2-11,18,25,27H,12-13H2,1H3. The van der Waals surface area contributed by atoms with Gasteiger partial charge in [0.1, 0.15) is 0 Å². The number of benzene rings is 3. The van der Waals surface area contributed by atoms with E-state index in [1.807, 2.05) is 12.1 Å². The summed E-state index contributed by atoms with van der Waals surface area (Å²) in [5.74, 6) is 0. The highest BCUT2D eigenvalue weighted by atomic mass is 127. The van der Waals surface area contributed by atoms with E-state index in [9.17, 15) is 5.11 Å². The van der Waals surface area contributed by atoms with Crippen molar-refractivity contribution in [3.63, 3.8) is 0 Å². The molecule has 1 atom stereocenters. The molecule has 0 amide bonds. The molecule has 0 spiro atoms. The first-order valence-electron chi connectivity index (χ1n) is 8.87. The minimum atomic E-state index is -0.483. The first kappa shape index (κ1) is 19.0. The molecule has 0 bridgehead atoms. The predicted octanol–water partition coefficient (Wildman–Crippen LogP) is 5.79. The SMILES string of the molecule is Cc1cccc(NCC(O)Cn2c3ccc(I)cc3c3cc(I)ccc32)c1. The number of anilines is 1. The van der Waals surface area contributed by atoms with Gasteiger partial charge in [-0.15, -0.1) is 0 Å². The molecular weight excluding hydrogens is 562 g/mol. The maximum atomic E-state index is 10.7. The van der Waals surface area contributed by atoms with E-state index in [2.05, 4.69) is 111 Å². The highest BCUT2D eigenvalue weighted by Crippen LogP contribution is 2.31. The van der Waals surface area contributed by atoms with Crippen molar-refractivity contribution in [2.45, 2.75) is 19.6 Å². The normalized spacial score (nSPS) is 12.6. The van der Waals surface area contributed by atoms with Crippen LogP contribution in [0.3, 0.4) is 0 Å². The van der Waals surface area contributed by atoms with Crippen LogP contribution in [0.1, 0.15) is 5.56 Å².